The maximum Gasteiger partial charge on any atom is 0.0532 e. The molecule has 14 heavy (non-hydrogen) atoms. The standard InChI is InChI=1S/C11H22O2S/c1-10(2)7-13-8-11(9-14)3-5-12-6-4-11/h10,14H,3-9H2,1-2H3. The molecular formula is C11H22O2S. The zero-order valence-corrected chi connectivity index (χ0v) is 10.2. The Morgan fingerprint density at radius 1 is 1.36 bits per heavy atom. The van der Waals surface area contributed by atoms with Crippen molar-refractivity contribution in [2.45, 2.75) is 26.7 Å². The lowest BCUT2D eigenvalue weighted by Crippen LogP contribution is -2.36. The fourth-order valence-corrected chi connectivity index (χ4v) is 2.07. The second-order valence-corrected chi connectivity index (χ2v) is 5.00. The smallest absolute Gasteiger partial charge is 0.0532 e. The maximum absolute atomic E-state index is 5.72. The molecule has 0 N–H and O–H groups in total. The minimum Gasteiger partial charge on any atom is -0.381 e. The van der Waals surface area contributed by atoms with E-state index >= 15 is 0 Å². The molecular weight excluding hydrogens is 196 g/mol. The molecule has 0 aliphatic carbocycles. The molecule has 0 spiro atoms. The van der Waals surface area contributed by atoms with Crippen LogP contribution in [0.25, 0.3) is 0 Å². The molecule has 3 heteroatoms. The number of thiol groups is 1. The van der Waals surface area contributed by atoms with Gasteiger partial charge in [0.05, 0.1) is 6.61 Å². The Hall–Kier alpha value is 0.270. The molecule has 0 aromatic carbocycles. The van der Waals surface area contributed by atoms with Gasteiger partial charge in [-0.1, -0.05) is 13.8 Å². The average molecular weight is 218 g/mol. The highest BCUT2D eigenvalue weighted by Gasteiger charge is 2.31. The van der Waals surface area contributed by atoms with Gasteiger partial charge in [-0.05, 0) is 24.5 Å². The van der Waals surface area contributed by atoms with Gasteiger partial charge in [0.25, 0.3) is 0 Å². The highest BCUT2D eigenvalue weighted by atomic mass is 32.1. The highest BCUT2D eigenvalue weighted by Crippen LogP contribution is 2.32. The van der Waals surface area contributed by atoms with Crippen molar-refractivity contribution in [1.82, 2.24) is 0 Å². The van der Waals surface area contributed by atoms with Crippen LogP contribution >= 0.6 is 12.6 Å². The average Bonchev–Trinajstić information content (AvgIpc) is 2.19. The Kier molecular flexibility index (Phi) is 5.28. The van der Waals surface area contributed by atoms with Gasteiger partial charge in [0, 0.05) is 25.2 Å². The van der Waals surface area contributed by atoms with Crippen LogP contribution in [0, 0.1) is 11.3 Å². The van der Waals surface area contributed by atoms with E-state index in [1.165, 1.54) is 0 Å². The second kappa shape index (κ2) is 5.99. The van der Waals surface area contributed by atoms with Gasteiger partial charge in [0.2, 0.25) is 0 Å². The van der Waals surface area contributed by atoms with E-state index in [1.807, 2.05) is 0 Å². The highest BCUT2D eigenvalue weighted by molar-refractivity contribution is 7.80. The minimum atomic E-state index is 0.274. The molecule has 0 saturated carbocycles. The molecule has 0 bridgehead atoms. The third-order valence-corrected chi connectivity index (χ3v) is 3.42. The number of rotatable bonds is 5. The Bertz CT molecular complexity index is 153. The summed E-state index contributed by atoms with van der Waals surface area (Å²) in [5, 5.41) is 0. The van der Waals surface area contributed by atoms with Crippen LogP contribution in [-0.4, -0.2) is 32.2 Å². The Balaban J connectivity index is 2.29. The summed E-state index contributed by atoms with van der Waals surface area (Å²) in [6.07, 6.45) is 2.18. The largest absolute Gasteiger partial charge is 0.381 e. The van der Waals surface area contributed by atoms with Gasteiger partial charge in [-0.2, -0.15) is 12.6 Å². The summed E-state index contributed by atoms with van der Waals surface area (Å²) in [7, 11) is 0. The third kappa shape index (κ3) is 3.79. The minimum absolute atomic E-state index is 0.274. The molecule has 1 rings (SSSR count). The quantitative estimate of drug-likeness (QED) is 0.714. The summed E-state index contributed by atoms with van der Waals surface area (Å²) in [6, 6.07) is 0. The maximum atomic E-state index is 5.72. The van der Waals surface area contributed by atoms with E-state index in [-0.39, 0.29) is 5.41 Å². The molecule has 1 saturated heterocycles. The molecule has 0 radical (unpaired) electrons. The van der Waals surface area contributed by atoms with Gasteiger partial charge < -0.3 is 9.47 Å². The summed E-state index contributed by atoms with van der Waals surface area (Å²) in [4.78, 5) is 0. The third-order valence-electron chi connectivity index (χ3n) is 2.75. The van der Waals surface area contributed by atoms with Crippen LogP contribution in [0.1, 0.15) is 26.7 Å². The molecule has 0 aromatic rings. The fraction of sp³-hybridized carbons (Fsp3) is 1.00. The van der Waals surface area contributed by atoms with E-state index in [0.717, 1.165) is 45.0 Å². The topological polar surface area (TPSA) is 18.5 Å². The van der Waals surface area contributed by atoms with Gasteiger partial charge in [-0.25, -0.2) is 0 Å². The van der Waals surface area contributed by atoms with Crippen LogP contribution in [0.5, 0.6) is 0 Å². The second-order valence-electron chi connectivity index (χ2n) is 4.68. The van der Waals surface area contributed by atoms with Crippen LogP contribution in [-0.2, 0) is 9.47 Å². The van der Waals surface area contributed by atoms with E-state index in [1.54, 1.807) is 0 Å². The monoisotopic (exact) mass is 218 g/mol. The molecule has 0 unspecified atom stereocenters. The van der Waals surface area contributed by atoms with Gasteiger partial charge >= 0.3 is 0 Å². The molecule has 0 aromatic heterocycles. The molecule has 0 atom stereocenters. The summed E-state index contributed by atoms with van der Waals surface area (Å²) in [5.74, 6) is 1.53. The van der Waals surface area contributed by atoms with Crippen LogP contribution in [0.2, 0.25) is 0 Å². The van der Waals surface area contributed by atoms with Crippen LogP contribution in [0.15, 0.2) is 0 Å². The SMILES string of the molecule is CC(C)COCC1(CS)CCOCC1. The van der Waals surface area contributed by atoms with Crippen molar-refractivity contribution in [3.63, 3.8) is 0 Å². The first-order chi connectivity index (χ1) is 6.68. The normalized spacial score (nSPS) is 21.4. The van der Waals surface area contributed by atoms with E-state index in [0.29, 0.717) is 5.92 Å². The van der Waals surface area contributed by atoms with Crippen molar-refractivity contribution >= 4 is 12.6 Å². The molecule has 2 nitrogen and oxygen atoms in total. The first-order valence-corrected chi connectivity index (χ1v) is 6.08. The lowest BCUT2D eigenvalue weighted by Gasteiger charge is -2.35. The van der Waals surface area contributed by atoms with Crippen LogP contribution in [0.3, 0.4) is 0 Å². The summed E-state index contributed by atoms with van der Waals surface area (Å²) < 4.78 is 11.1. The molecule has 1 aliphatic heterocycles. The number of hydrogen-bond acceptors (Lipinski definition) is 3. The zero-order chi connectivity index (χ0) is 10.4. The molecule has 1 fully saturated rings. The fourth-order valence-electron chi connectivity index (χ4n) is 1.66. The van der Waals surface area contributed by atoms with E-state index in [4.69, 9.17) is 9.47 Å². The van der Waals surface area contributed by atoms with E-state index in [2.05, 4.69) is 26.5 Å². The van der Waals surface area contributed by atoms with Gasteiger partial charge in [0.1, 0.15) is 0 Å². The Morgan fingerprint density at radius 3 is 2.50 bits per heavy atom. The Labute approximate surface area is 92.8 Å². The number of hydrogen-bond donors (Lipinski definition) is 1. The predicted octanol–water partition coefficient (Wildman–Crippen LogP) is 2.39. The lowest BCUT2D eigenvalue weighted by molar-refractivity contribution is -0.0320. The van der Waals surface area contributed by atoms with E-state index in [9.17, 15) is 0 Å². The zero-order valence-electron chi connectivity index (χ0n) is 9.29. The van der Waals surface area contributed by atoms with Gasteiger partial charge in [0.15, 0.2) is 0 Å². The van der Waals surface area contributed by atoms with Crippen molar-refractivity contribution in [3.8, 4) is 0 Å². The summed E-state index contributed by atoms with van der Waals surface area (Å²) in [5.41, 5.74) is 0.274. The number of ether oxygens (including phenoxy) is 2. The summed E-state index contributed by atoms with van der Waals surface area (Å²) in [6.45, 7) is 7.79. The molecule has 1 heterocycles. The van der Waals surface area contributed by atoms with Crippen molar-refractivity contribution in [2.24, 2.45) is 11.3 Å². The first kappa shape index (κ1) is 12.3. The van der Waals surface area contributed by atoms with Gasteiger partial charge in [-0.15, -0.1) is 0 Å². The van der Waals surface area contributed by atoms with Crippen molar-refractivity contribution in [1.29, 1.82) is 0 Å². The van der Waals surface area contributed by atoms with Gasteiger partial charge in [-0.3, -0.25) is 0 Å². The van der Waals surface area contributed by atoms with Crippen LogP contribution < -0.4 is 0 Å². The van der Waals surface area contributed by atoms with Crippen LogP contribution in [0.4, 0.5) is 0 Å². The lowest BCUT2D eigenvalue weighted by atomic mass is 9.83. The van der Waals surface area contributed by atoms with Crippen molar-refractivity contribution < 1.29 is 9.47 Å². The molecule has 84 valence electrons. The molecule has 1 aliphatic rings. The Morgan fingerprint density at radius 2 is 2.00 bits per heavy atom. The predicted molar refractivity (Wildman–Crippen MR) is 62.0 cm³/mol. The van der Waals surface area contributed by atoms with E-state index < -0.39 is 0 Å². The van der Waals surface area contributed by atoms with Crippen molar-refractivity contribution in [3.05, 3.63) is 0 Å². The first-order valence-electron chi connectivity index (χ1n) is 5.45. The molecule has 0 amide bonds. The van der Waals surface area contributed by atoms with Crippen molar-refractivity contribution in [2.75, 3.05) is 32.2 Å². The summed E-state index contributed by atoms with van der Waals surface area (Å²) >= 11 is 4.44.